The number of amides is 2. The average Bonchev–Trinajstić information content (AvgIpc) is 3.17. The van der Waals surface area contributed by atoms with Crippen LogP contribution in [0.2, 0.25) is 0 Å². The number of ether oxygens (including phenoxy) is 2. The second-order valence-electron chi connectivity index (χ2n) is 11.2. The molecule has 4 N–H and O–H groups in total. The number of guanidine groups is 1. The zero-order valence-corrected chi connectivity index (χ0v) is 23.1. The second-order valence-corrected chi connectivity index (χ2v) is 11.2. The first-order valence-corrected chi connectivity index (χ1v) is 13.7. The molecule has 39 heavy (non-hydrogen) atoms. The van der Waals surface area contributed by atoms with Crippen molar-refractivity contribution in [1.29, 1.82) is 0 Å². The van der Waals surface area contributed by atoms with E-state index in [4.69, 9.17) is 20.2 Å². The second kappa shape index (κ2) is 10.3. The van der Waals surface area contributed by atoms with Gasteiger partial charge in [0.05, 0.1) is 42.9 Å². The highest BCUT2D eigenvalue weighted by molar-refractivity contribution is 6.00. The van der Waals surface area contributed by atoms with E-state index in [1.807, 2.05) is 38.1 Å². The highest BCUT2D eigenvalue weighted by Crippen LogP contribution is 2.43. The first kappa shape index (κ1) is 27.1. The maximum absolute atomic E-state index is 13.6. The number of fused-ring (bicyclic) bond motifs is 2. The average molecular weight is 535 g/mol. The summed E-state index contributed by atoms with van der Waals surface area (Å²) in [5, 5.41) is 14.1. The number of nitrogens with zero attached hydrogens (tertiary/aromatic N) is 2. The van der Waals surface area contributed by atoms with Gasteiger partial charge in [-0.2, -0.15) is 0 Å². The Balaban J connectivity index is 1.50. The van der Waals surface area contributed by atoms with E-state index < -0.39 is 23.2 Å². The number of hydrogen-bond acceptors (Lipinski definition) is 7. The van der Waals surface area contributed by atoms with Crippen LogP contribution in [0.3, 0.4) is 0 Å². The van der Waals surface area contributed by atoms with Crippen molar-refractivity contribution in [3.05, 3.63) is 64.7 Å². The maximum atomic E-state index is 13.6. The number of nitrogens with one attached hydrogen (secondary N) is 1. The third-order valence-electron chi connectivity index (χ3n) is 8.62. The molecule has 5 rings (SSSR count). The summed E-state index contributed by atoms with van der Waals surface area (Å²) >= 11 is 0. The monoisotopic (exact) mass is 534 g/mol. The lowest BCUT2D eigenvalue weighted by atomic mass is 9.84. The van der Waals surface area contributed by atoms with Crippen molar-refractivity contribution in [2.45, 2.75) is 69.7 Å². The van der Waals surface area contributed by atoms with E-state index in [1.165, 1.54) is 0 Å². The maximum Gasteiger partial charge on any atom is 0.251 e. The molecule has 2 aromatic carbocycles. The summed E-state index contributed by atoms with van der Waals surface area (Å²) in [5.74, 6) is 0.137. The molecule has 0 saturated carbocycles. The first-order chi connectivity index (χ1) is 18.6. The zero-order chi connectivity index (χ0) is 27.9. The van der Waals surface area contributed by atoms with Crippen LogP contribution in [0.25, 0.3) is 0 Å². The standard InChI is InChI=1S/C30H38N4O5/c1-5-30(6-2)15-24(35)34(28(31)33-30)25-20(16-38-4)17-39-23-12-11-18(13-22(23)25)27(36)32-26-21-10-8-7-9-19(21)14-29(26,3)37/h7-13,20,25-26,37H,5-6,14-17H2,1-4H3,(H2,31,33)(H,32,36)/t20-,25?,26-,29-/m1/s1. The molecule has 0 radical (unpaired) electrons. The number of nitrogens with two attached hydrogens (primary N) is 1. The molecule has 9 nitrogen and oxygen atoms in total. The number of carbonyl (C=O) groups is 2. The summed E-state index contributed by atoms with van der Waals surface area (Å²) in [6.07, 6.45) is 2.16. The molecule has 1 unspecified atom stereocenters. The van der Waals surface area contributed by atoms with Crippen LogP contribution < -0.4 is 15.8 Å². The number of carbonyl (C=O) groups excluding carboxylic acids is 2. The molecular formula is C30H38N4O5. The van der Waals surface area contributed by atoms with E-state index in [0.29, 0.717) is 49.4 Å². The molecule has 9 heteroatoms. The van der Waals surface area contributed by atoms with Gasteiger partial charge in [0.1, 0.15) is 5.75 Å². The predicted octanol–water partition coefficient (Wildman–Crippen LogP) is 3.27. The van der Waals surface area contributed by atoms with Crippen LogP contribution in [0.1, 0.15) is 79.2 Å². The molecule has 2 aromatic rings. The molecule has 2 heterocycles. The summed E-state index contributed by atoms with van der Waals surface area (Å²) < 4.78 is 11.5. The largest absolute Gasteiger partial charge is 0.493 e. The Hall–Kier alpha value is -3.43. The van der Waals surface area contributed by atoms with Gasteiger partial charge in [-0.1, -0.05) is 38.1 Å². The number of aliphatic hydroxyl groups is 1. The minimum atomic E-state index is -1.11. The first-order valence-electron chi connectivity index (χ1n) is 13.7. The molecule has 3 aliphatic rings. The van der Waals surface area contributed by atoms with Crippen LogP contribution >= 0.6 is 0 Å². The van der Waals surface area contributed by atoms with E-state index in [0.717, 1.165) is 11.1 Å². The van der Waals surface area contributed by atoms with Crippen molar-refractivity contribution < 1.29 is 24.2 Å². The van der Waals surface area contributed by atoms with Crippen LogP contribution in [0.15, 0.2) is 47.5 Å². The molecule has 0 spiro atoms. The number of aliphatic imine (C=N–C) groups is 1. The van der Waals surface area contributed by atoms with Crippen molar-refractivity contribution in [2.75, 3.05) is 20.3 Å². The number of rotatable bonds is 7. The van der Waals surface area contributed by atoms with Crippen LogP contribution in [0, 0.1) is 5.92 Å². The van der Waals surface area contributed by atoms with E-state index in [-0.39, 0.29) is 30.1 Å². The molecule has 1 aliphatic carbocycles. The lowest BCUT2D eigenvalue weighted by Gasteiger charge is -2.44. The summed E-state index contributed by atoms with van der Waals surface area (Å²) in [4.78, 5) is 33.5. The summed E-state index contributed by atoms with van der Waals surface area (Å²) in [6, 6.07) is 11.9. The third kappa shape index (κ3) is 4.78. The molecule has 0 fully saturated rings. The lowest BCUT2D eigenvalue weighted by molar-refractivity contribution is -0.133. The van der Waals surface area contributed by atoms with Gasteiger partial charge in [-0.15, -0.1) is 0 Å². The summed E-state index contributed by atoms with van der Waals surface area (Å²) in [6.45, 7) is 6.45. The fourth-order valence-electron chi connectivity index (χ4n) is 6.33. The topological polar surface area (TPSA) is 126 Å². The fourth-order valence-corrected chi connectivity index (χ4v) is 6.33. The molecule has 2 aliphatic heterocycles. The van der Waals surface area contributed by atoms with Crippen molar-refractivity contribution in [2.24, 2.45) is 16.6 Å². The van der Waals surface area contributed by atoms with Gasteiger partial charge in [-0.05, 0) is 49.1 Å². The van der Waals surface area contributed by atoms with Gasteiger partial charge in [-0.3, -0.25) is 14.5 Å². The van der Waals surface area contributed by atoms with E-state index >= 15 is 0 Å². The van der Waals surface area contributed by atoms with Gasteiger partial charge in [0, 0.05) is 30.6 Å². The van der Waals surface area contributed by atoms with E-state index in [9.17, 15) is 14.7 Å². The van der Waals surface area contributed by atoms with Crippen LogP contribution in [-0.2, 0) is 16.0 Å². The molecule has 0 bridgehead atoms. The SMILES string of the molecule is CCC1(CC)CC(=O)N(C2c3cc(C(=O)N[C@@H]4c5ccccc5C[C@@]4(C)O)ccc3OC[C@H]2COC)C(N)=N1. The minimum absolute atomic E-state index is 0.0985. The van der Waals surface area contributed by atoms with Gasteiger partial charge in [0.25, 0.3) is 5.91 Å². The van der Waals surface area contributed by atoms with Crippen molar-refractivity contribution >= 4 is 17.8 Å². The number of methoxy groups -OCH3 is 1. The highest BCUT2D eigenvalue weighted by atomic mass is 16.5. The normalized spacial score (nSPS) is 27.3. The molecule has 0 saturated heterocycles. The van der Waals surface area contributed by atoms with Crippen molar-refractivity contribution in [3.63, 3.8) is 0 Å². The Morgan fingerprint density at radius 2 is 1.95 bits per heavy atom. The van der Waals surface area contributed by atoms with Crippen molar-refractivity contribution in [3.8, 4) is 5.75 Å². The third-order valence-corrected chi connectivity index (χ3v) is 8.62. The Labute approximate surface area is 229 Å². The number of hydrogen-bond donors (Lipinski definition) is 3. The molecule has 0 aromatic heterocycles. The minimum Gasteiger partial charge on any atom is -0.493 e. The number of benzene rings is 2. The van der Waals surface area contributed by atoms with Crippen LogP contribution in [0.5, 0.6) is 5.75 Å². The van der Waals surface area contributed by atoms with Crippen molar-refractivity contribution in [1.82, 2.24) is 10.2 Å². The Kier molecular flexibility index (Phi) is 7.15. The summed E-state index contributed by atoms with van der Waals surface area (Å²) in [5.41, 5.74) is 7.89. The van der Waals surface area contributed by atoms with Gasteiger partial charge in [-0.25, -0.2) is 4.99 Å². The van der Waals surface area contributed by atoms with E-state index in [2.05, 4.69) is 5.32 Å². The van der Waals surface area contributed by atoms with Gasteiger partial charge >= 0.3 is 0 Å². The smallest absolute Gasteiger partial charge is 0.251 e. The molecule has 4 atom stereocenters. The Bertz CT molecular complexity index is 1300. The summed E-state index contributed by atoms with van der Waals surface area (Å²) in [7, 11) is 1.61. The quantitative estimate of drug-likeness (QED) is 0.501. The zero-order valence-electron chi connectivity index (χ0n) is 23.1. The Morgan fingerprint density at radius 1 is 1.21 bits per heavy atom. The fraction of sp³-hybridized carbons (Fsp3) is 0.500. The predicted molar refractivity (Wildman–Crippen MR) is 147 cm³/mol. The van der Waals surface area contributed by atoms with Gasteiger partial charge in [0.2, 0.25) is 5.91 Å². The molecule has 2 amide bonds. The Morgan fingerprint density at radius 3 is 2.64 bits per heavy atom. The van der Waals surface area contributed by atoms with Gasteiger partial charge in [0.15, 0.2) is 5.96 Å². The van der Waals surface area contributed by atoms with E-state index in [1.54, 1.807) is 37.1 Å². The molecular weight excluding hydrogens is 496 g/mol. The van der Waals surface area contributed by atoms with Crippen LogP contribution in [-0.4, -0.2) is 59.2 Å². The van der Waals surface area contributed by atoms with Gasteiger partial charge < -0.3 is 25.6 Å². The lowest BCUT2D eigenvalue weighted by Crippen LogP contribution is -2.55. The van der Waals surface area contributed by atoms with Crippen LogP contribution in [0.4, 0.5) is 0 Å². The molecule has 208 valence electrons. The highest BCUT2D eigenvalue weighted by Gasteiger charge is 2.46.